The van der Waals surface area contributed by atoms with Crippen LogP contribution >= 0.6 is 11.3 Å². The summed E-state index contributed by atoms with van der Waals surface area (Å²) in [4.78, 5) is 30.1. The van der Waals surface area contributed by atoms with E-state index < -0.39 is 21.9 Å². The van der Waals surface area contributed by atoms with Gasteiger partial charge in [0.05, 0.1) is 28.3 Å². The topological polar surface area (TPSA) is 107 Å². The highest BCUT2D eigenvalue weighted by atomic mass is 32.2. The molecule has 4 rings (SSSR count). The first-order chi connectivity index (χ1) is 19.3. The zero-order chi connectivity index (χ0) is 28.7. The maximum atomic E-state index is 13.3. The Morgan fingerprint density at radius 1 is 0.950 bits per heavy atom. The summed E-state index contributed by atoms with van der Waals surface area (Å²) in [6.45, 7) is 6.56. The Hall–Kier alpha value is -3.80. The van der Waals surface area contributed by atoms with Crippen molar-refractivity contribution in [3.8, 4) is 5.75 Å². The van der Waals surface area contributed by atoms with Crippen molar-refractivity contribution in [3.63, 3.8) is 0 Å². The molecule has 4 aromatic rings. The van der Waals surface area contributed by atoms with E-state index in [1.165, 1.54) is 39.9 Å². The van der Waals surface area contributed by atoms with Gasteiger partial charge in [0, 0.05) is 18.7 Å². The van der Waals surface area contributed by atoms with E-state index in [0.717, 1.165) is 10.3 Å². The van der Waals surface area contributed by atoms with Crippen LogP contribution in [0.25, 0.3) is 10.2 Å². The van der Waals surface area contributed by atoms with Crippen LogP contribution in [0, 0.1) is 0 Å². The monoisotopic (exact) mass is 581 g/mol. The maximum Gasteiger partial charge on any atom is 0.326 e. The molecule has 0 aliphatic rings. The predicted molar refractivity (Wildman–Crippen MR) is 154 cm³/mol. The summed E-state index contributed by atoms with van der Waals surface area (Å²) in [7, 11) is -3.78. The van der Waals surface area contributed by atoms with Gasteiger partial charge in [0.1, 0.15) is 12.3 Å². The number of aromatic nitrogens is 1. The van der Waals surface area contributed by atoms with Gasteiger partial charge >= 0.3 is 5.97 Å². The standard InChI is InChI=1S/C29H31N3O6S2/c1-4-31(19-21-10-8-7-9-11-21)40(35,36)24-15-12-22(13-16-24)28(34)30-29-32(20-27(33)38-6-3)25-17-14-23(37-5-2)18-26(25)39-29/h7-18H,4-6,19-20H2,1-3H3. The molecule has 40 heavy (non-hydrogen) atoms. The van der Waals surface area contributed by atoms with Gasteiger partial charge in [-0.25, -0.2) is 8.42 Å². The minimum Gasteiger partial charge on any atom is -0.494 e. The second kappa shape index (κ2) is 13.0. The molecule has 1 amide bonds. The third-order valence-corrected chi connectivity index (χ3v) is 9.02. The Morgan fingerprint density at radius 2 is 1.68 bits per heavy atom. The van der Waals surface area contributed by atoms with E-state index in [1.807, 2.05) is 49.4 Å². The summed E-state index contributed by atoms with van der Waals surface area (Å²) >= 11 is 1.25. The number of benzene rings is 3. The van der Waals surface area contributed by atoms with Gasteiger partial charge < -0.3 is 14.0 Å². The first kappa shape index (κ1) is 29.2. The summed E-state index contributed by atoms with van der Waals surface area (Å²) in [6.07, 6.45) is 0. The van der Waals surface area contributed by atoms with Gasteiger partial charge in [-0.05, 0) is 61.9 Å². The molecule has 11 heteroatoms. The molecule has 0 N–H and O–H groups in total. The van der Waals surface area contributed by atoms with Crippen LogP contribution in [-0.2, 0) is 32.6 Å². The number of nitrogens with zero attached hydrogens (tertiary/aromatic N) is 3. The van der Waals surface area contributed by atoms with Crippen LogP contribution in [0.5, 0.6) is 5.75 Å². The van der Waals surface area contributed by atoms with Crippen molar-refractivity contribution in [1.82, 2.24) is 8.87 Å². The molecule has 1 heterocycles. The van der Waals surface area contributed by atoms with Crippen LogP contribution in [0.2, 0.25) is 0 Å². The molecule has 0 spiro atoms. The Kier molecular flexibility index (Phi) is 9.51. The fourth-order valence-corrected chi connectivity index (χ4v) is 6.60. The highest BCUT2D eigenvalue weighted by molar-refractivity contribution is 7.89. The van der Waals surface area contributed by atoms with E-state index in [4.69, 9.17) is 9.47 Å². The van der Waals surface area contributed by atoms with E-state index >= 15 is 0 Å². The number of hydrogen-bond donors (Lipinski definition) is 0. The lowest BCUT2D eigenvalue weighted by atomic mass is 10.2. The van der Waals surface area contributed by atoms with Crippen molar-refractivity contribution in [2.45, 2.75) is 38.8 Å². The van der Waals surface area contributed by atoms with Gasteiger partial charge in [0.25, 0.3) is 5.91 Å². The normalized spacial score (nSPS) is 12.2. The number of rotatable bonds is 11. The number of fused-ring (bicyclic) bond motifs is 1. The minimum absolute atomic E-state index is 0.0875. The van der Waals surface area contributed by atoms with Crippen molar-refractivity contribution >= 4 is 43.5 Å². The van der Waals surface area contributed by atoms with Crippen molar-refractivity contribution in [2.24, 2.45) is 4.99 Å². The molecular weight excluding hydrogens is 550 g/mol. The highest BCUT2D eigenvalue weighted by Crippen LogP contribution is 2.24. The van der Waals surface area contributed by atoms with Crippen molar-refractivity contribution in [2.75, 3.05) is 19.8 Å². The van der Waals surface area contributed by atoms with Crippen LogP contribution in [0.3, 0.4) is 0 Å². The number of esters is 1. The van der Waals surface area contributed by atoms with Crippen molar-refractivity contribution in [3.05, 3.63) is 88.7 Å². The molecule has 0 fully saturated rings. The third-order valence-electron chi connectivity index (χ3n) is 6.05. The molecule has 9 nitrogen and oxygen atoms in total. The van der Waals surface area contributed by atoms with E-state index in [2.05, 4.69) is 4.99 Å². The summed E-state index contributed by atoms with van der Waals surface area (Å²) < 4.78 is 41.1. The van der Waals surface area contributed by atoms with Crippen molar-refractivity contribution < 1.29 is 27.5 Å². The largest absolute Gasteiger partial charge is 0.494 e. The zero-order valence-corrected chi connectivity index (χ0v) is 24.2. The van der Waals surface area contributed by atoms with Gasteiger partial charge in [-0.1, -0.05) is 48.6 Å². The average Bonchev–Trinajstić information content (AvgIpc) is 3.28. The first-order valence-corrected chi connectivity index (χ1v) is 15.2. The van der Waals surface area contributed by atoms with Gasteiger partial charge in [-0.15, -0.1) is 0 Å². The Morgan fingerprint density at radius 3 is 2.33 bits per heavy atom. The number of sulfonamides is 1. The lowest BCUT2D eigenvalue weighted by molar-refractivity contribution is -0.143. The van der Waals surface area contributed by atoms with E-state index in [-0.39, 0.29) is 30.2 Å². The lowest BCUT2D eigenvalue weighted by Crippen LogP contribution is -2.30. The van der Waals surface area contributed by atoms with Crippen LogP contribution < -0.4 is 9.54 Å². The Balaban J connectivity index is 1.64. The fourth-order valence-electron chi connectivity index (χ4n) is 4.11. The van der Waals surface area contributed by atoms with Crippen LogP contribution in [0.15, 0.2) is 82.7 Å². The number of carbonyl (C=O) groups excluding carboxylic acids is 2. The molecule has 0 bridgehead atoms. The van der Waals surface area contributed by atoms with E-state index in [1.54, 1.807) is 24.5 Å². The van der Waals surface area contributed by atoms with Crippen LogP contribution in [0.4, 0.5) is 0 Å². The van der Waals surface area contributed by atoms with Crippen LogP contribution in [-0.4, -0.2) is 48.9 Å². The molecule has 0 unspecified atom stereocenters. The highest BCUT2D eigenvalue weighted by Gasteiger charge is 2.23. The predicted octanol–water partition coefficient (Wildman–Crippen LogP) is 4.62. The number of thiazole rings is 1. The second-order valence-electron chi connectivity index (χ2n) is 8.70. The van der Waals surface area contributed by atoms with Gasteiger partial charge in [0.2, 0.25) is 10.0 Å². The summed E-state index contributed by atoms with van der Waals surface area (Å²) in [5.74, 6) is -0.340. The van der Waals surface area contributed by atoms with E-state index in [0.29, 0.717) is 29.2 Å². The molecule has 1 aromatic heterocycles. The quantitative estimate of drug-likeness (QED) is 0.239. The lowest BCUT2D eigenvalue weighted by Gasteiger charge is -2.20. The summed E-state index contributed by atoms with van der Waals surface area (Å²) in [5, 5.41) is 0. The smallest absolute Gasteiger partial charge is 0.326 e. The Bertz CT molecular complexity index is 1660. The summed E-state index contributed by atoms with van der Waals surface area (Å²) in [5.41, 5.74) is 1.82. The number of amides is 1. The molecule has 0 aliphatic carbocycles. The van der Waals surface area contributed by atoms with E-state index in [9.17, 15) is 18.0 Å². The summed E-state index contributed by atoms with van der Waals surface area (Å²) in [6, 6.07) is 20.5. The molecule has 0 radical (unpaired) electrons. The molecular formula is C29H31N3O6S2. The van der Waals surface area contributed by atoms with Gasteiger partial charge in [0.15, 0.2) is 4.80 Å². The fraction of sp³-hybridized carbons (Fsp3) is 0.276. The minimum atomic E-state index is -3.78. The maximum absolute atomic E-state index is 13.3. The molecule has 0 aliphatic heterocycles. The molecule has 210 valence electrons. The second-order valence-corrected chi connectivity index (χ2v) is 11.6. The van der Waals surface area contributed by atoms with Crippen LogP contribution in [0.1, 0.15) is 36.7 Å². The molecule has 0 atom stereocenters. The zero-order valence-electron chi connectivity index (χ0n) is 22.6. The van der Waals surface area contributed by atoms with Gasteiger partial charge in [-0.3, -0.25) is 9.59 Å². The molecule has 0 saturated carbocycles. The van der Waals surface area contributed by atoms with Crippen molar-refractivity contribution in [1.29, 1.82) is 0 Å². The first-order valence-electron chi connectivity index (χ1n) is 12.9. The van der Waals surface area contributed by atoms with Gasteiger partial charge in [-0.2, -0.15) is 9.30 Å². The number of hydrogen-bond acceptors (Lipinski definition) is 7. The molecule has 3 aromatic carbocycles. The number of ether oxygens (including phenoxy) is 2. The Labute approximate surface area is 237 Å². The SMILES string of the molecule is CCOC(=O)Cn1c(=NC(=O)c2ccc(S(=O)(=O)N(CC)Cc3ccccc3)cc2)sc2cc(OCC)ccc21. The molecule has 0 saturated heterocycles. The number of carbonyl (C=O) groups is 2. The third kappa shape index (κ3) is 6.67. The average molecular weight is 582 g/mol.